The summed E-state index contributed by atoms with van der Waals surface area (Å²) in [6.45, 7) is 20.6. The third-order valence-corrected chi connectivity index (χ3v) is 23.7. The van der Waals surface area contributed by atoms with Crippen LogP contribution in [0.1, 0.15) is 472 Å². The number of nitrogens with two attached hydrogens (primary N) is 1. The Morgan fingerprint density at radius 2 is 0.534 bits per heavy atom. The summed E-state index contributed by atoms with van der Waals surface area (Å²) in [5.41, 5.74) is 4.54. The van der Waals surface area contributed by atoms with Crippen molar-refractivity contribution in [2.75, 3.05) is 103 Å². The largest absolute Gasteiger partial charge is 0.466 e. The Balaban J connectivity index is 3.07. The summed E-state index contributed by atoms with van der Waals surface area (Å²) in [4.78, 5) is 111. The highest BCUT2D eigenvalue weighted by Gasteiger charge is 2.21. The van der Waals surface area contributed by atoms with Crippen LogP contribution < -0.4 is 32.5 Å². The van der Waals surface area contributed by atoms with Crippen molar-refractivity contribution in [1.29, 1.82) is 0 Å². The molecule has 5 N–H and O–H groups in total. The lowest BCUT2D eigenvalue weighted by Crippen LogP contribution is -2.46. The highest BCUT2D eigenvalue weighted by atomic mass is 16.6. The maximum Gasteiger partial charge on any atom is 0.306 e. The van der Waals surface area contributed by atoms with E-state index in [9.17, 15) is 38.4 Å². The van der Waals surface area contributed by atoms with Crippen LogP contribution in [0.25, 0.3) is 0 Å². The first-order valence-electron chi connectivity index (χ1n) is 50.4. The van der Waals surface area contributed by atoms with Gasteiger partial charge in [0.1, 0.15) is 23.6 Å². The molecule has 118 heavy (non-hydrogen) atoms. The molecule has 0 spiro atoms. The topological polar surface area (TPSA) is 245 Å². The average molecular weight is 1670 g/mol. The summed E-state index contributed by atoms with van der Waals surface area (Å²) in [5, 5.41) is 9.32. The highest BCUT2D eigenvalue weighted by molar-refractivity contribution is 5.81. The lowest BCUT2D eigenvalue weighted by molar-refractivity contribution is -0.151. The monoisotopic (exact) mass is 1670 g/mol. The van der Waals surface area contributed by atoms with E-state index in [-0.39, 0.29) is 72.4 Å². The molecule has 0 bridgehead atoms. The summed E-state index contributed by atoms with van der Waals surface area (Å²) < 4.78 is 23.6. The molecule has 0 heterocycles. The normalized spacial score (nSPS) is 11.7. The van der Waals surface area contributed by atoms with Crippen molar-refractivity contribution >= 4 is 47.1 Å². The van der Waals surface area contributed by atoms with Gasteiger partial charge in [-0.1, -0.05) is 324 Å². The second-order valence-corrected chi connectivity index (χ2v) is 35.0. The molecule has 0 saturated heterocycles. The van der Waals surface area contributed by atoms with Gasteiger partial charge in [-0.2, -0.15) is 0 Å². The lowest BCUT2D eigenvalue weighted by Gasteiger charge is -2.25. The van der Waals surface area contributed by atoms with E-state index in [0.29, 0.717) is 84.6 Å². The van der Waals surface area contributed by atoms with Crippen LogP contribution in [0.2, 0.25) is 0 Å². The molecule has 690 valence electrons. The van der Waals surface area contributed by atoms with Gasteiger partial charge in [0.2, 0.25) is 11.8 Å². The first-order chi connectivity index (χ1) is 57.7. The molecule has 0 aliphatic carbocycles. The van der Waals surface area contributed by atoms with E-state index in [4.69, 9.17) is 24.7 Å². The molecule has 0 fully saturated rings. The zero-order chi connectivity index (χ0) is 85.9. The van der Waals surface area contributed by atoms with E-state index in [1.54, 1.807) is 0 Å². The van der Waals surface area contributed by atoms with E-state index in [1.807, 2.05) is 4.90 Å². The van der Waals surface area contributed by atoms with Gasteiger partial charge >= 0.3 is 23.9 Å². The molecular weight excluding hydrogens is 1480 g/mol. The van der Waals surface area contributed by atoms with Crippen molar-refractivity contribution in [3.05, 3.63) is 20.4 Å². The fourth-order valence-corrected chi connectivity index (χ4v) is 16.0. The van der Waals surface area contributed by atoms with E-state index in [1.165, 1.54) is 218 Å². The van der Waals surface area contributed by atoms with Crippen LogP contribution in [0.3, 0.4) is 0 Å². The Hall–Kier alpha value is -4.62. The van der Waals surface area contributed by atoms with Crippen molar-refractivity contribution in [2.45, 2.75) is 484 Å². The molecule has 0 aliphatic rings. The van der Waals surface area contributed by atoms with E-state index in [2.05, 4.69) is 67.3 Å². The van der Waals surface area contributed by atoms with Gasteiger partial charge in [0.15, 0.2) is 0 Å². The van der Waals surface area contributed by atoms with Gasteiger partial charge in [-0.3, -0.25) is 43.3 Å². The predicted octanol–water partition coefficient (Wildman–Crippen LogP) is 23.6. The third kappa shape index (κ3) is 70.9. The van der Waals surface area contributed by atoms with Gasteiger partial charge in [0, 0.05) is 65.0 Å². The molecule has 0 aliphatic heterocycles. The molecule has 1 aromatic rings. The maximum absolute atomic E-state index is 14.0. The minimum absolute atomic E-state index is 0.0174. The SMILES string of the molecule is CCCCCCCCCCCOC(=O)CCCCCN(CCCCCCCC(=O)OC(CCCCCCCC)CCCCCCCC)CCNC(=O)CN(CCCNc1c(N)c(=O)c1=O)CC(=O)NCCN(CCCCCCCC(=O)OC(CCCCCCCC)CCCCCCCC)CCCCCC(=O)OCCCCCCCCCCC. The zero-order valence-electron chi connectivity index (χ0n) is 77.7. The fraction of sp³-hybridized carbons (Fsp3) is 0.899. The molecule has 19 heteroatoms. The number of rotatable bonds is 93. The number of esters is 4. The van der Waals surface area contributed by atoms with E-state index >= 15 is 0 Å². The van der Waals surface area contributed by atoms with Crippen molar-refractivity contribution in [1.82, 2.24) is 25.3 Å². The number of nitrogens with zero attached hydrogens (tertiary/aromatic N) is 3. The Bertz CT molecular complexity index is 2380. The van der Waals surface area contributed by atoms with Gasteiger partial charge < -0.3 is 50.4 Å². The van der Waals surface area contributed by atoms with Gasteiger partial charge in [0.25, 0.3) is 10.9 Å². The number of ether oxygens (including phenoxy) is 4. The standard InChI is InChI=1S/C99H187N7O12/c1-7-13-19-25-31-33-35-47-63-84-115-92(109)70-57-49-61-79-104(77-59-45-37-43-55-72-94(111)117-88(66-51-39-27-21-15-9-3)67-52-40-28-22-16-10-4)82-75-101-90(107)86-106(81-65-74-103-97-96(100)98(113)99(97)114)87-91(108)102-76-83-105(80-62-50-58-71-93(110)116-85-64-48-36-34-32-26-20-14-8-2)78-60-46-38-44-56-73-95(112)118-89(68-53-41-29-23-17-11-5)69-54-42-30-24-18-12-6/h88-89,103H,7-87,100H2,1-6H3,(H,101,107)(H,102,108). The number of carbonyl (C=O) groups is 6. The molecule has 0 radical (unpaired) electrons. The quantitative estimate of drug-likeness (QED) is 0.0205. The van der Waals surface area contributed by atoms with Crippen LogP contribution in [0.15, 0.2) is 9.59 Å². The van der Waals surface area contributed by atoms with Gasteiger partial charge in [-0.05, 0) is 148 Å². The first-order valence-corrected chi connectivity index (χ1v) is 50.4. The van der Waals surface area contributed by atoms with Crippen molar-refractivity contribution in [3.63, 3.8) is 0 Å². The Morgan fingerprint density at radius 1 is 0.280 bits per heavy atom. The van der Waals surface area contributed by atoms with Crippen molar-refractivity contribution < 1.29 is 47.7 Å². The van der Waals surface area contributed by atoms with Crippen LogP contribution in [-0.4, -0.2) is 154 Å². The molecule has 1 aromatic carbocycles. The Kier molecular flexibility index (Phi) is 79.8. The molecule has 19 nitrogen and oxygen atoms in total. The summed E-state index contributed by atoms with van der Waals surface area (Å²) in [6.07, 6.45) is 72.5. The van der Waals surface area contributed by atoms with Crippen molar-refractivity contribution in [2.24, 2.45) is 0 Å². The van der Waals surface area contributed by atoms with Gasteiger partial charge in [-0.15, -0.1) is 0 Å². The average Bonchev–Trinajstić information content (AvgIpc) is 0.797. The summed E-state index contributed by atoms with van der Waals surface area (Å²) in [6, 6.07) is 0. The third-order valence-electron chi connectivity index (χ3n) is 23.7. The van der Waals surface area contributed by atoms with Crippen LogP contribution in [0.5, 0.6) is 0 Å². The smallest absolute Gasteiger partial charge is 0.306 e. The molecule has 0 saturated carbocycles. The van der Waals surface area contributed by atoms with Gasteiger partial charge in [-0.25, -0.2) is 0 Å². The van der Waals surface area contributed by atoms with Crippen LogP contribution in [-0.2, 0) is 47.7 Å². The molecular formula is C99H187N7O12. The maximum atomic E-state index is 14.0. The molecule has 2 amide bonds. The summed E-state index contributed by atoms with van der Waals surface area (Å²) >= 11 is 0. The predicted molar refractivity (Wildman–Crippen MR) is 495 cm³/mol. The zero-order valence-corrected chi connectivity index (χ0v) is 77.7. The number of anilines is 2. The Labute approximate surface area is 723 Å². The molecule has 0 unspecified atom stereocenters. The lowest BCUT2D eigenvalue weighted by atomic mass is 10.0. The van der Waals surface area contributed by atoms with E-state index < -0.39 is 10.9 Å². The fourth-order valence-electron chi connectivity index (χ4n) is 16.0. The number of hydrogen-bond donors (Lipinski definition) is 4. The Morgan fingerprint density at radius 3 is 0.839 bits per heavy atom. The number of carbonyl (C=O) groups excluding carboxylic acids is 6. The number of nitrogen functional groups attached to an aromatic ring is 1. The van der Waals surface area contributed by atoms with Gasteiger partial charge in [0.05, 0.1) is 26.3 Å². The number of unbranched alkanes of at least 4 members (excludes halogenated alkanes) is 48. The molecule has 0 aromatic heterocycles. The molecule has 1 rings (SSSR count). The minimum atomic E-state index is -0.694. The summed E-state index contributed by atoms with van der Waals surface area (Å²) in [5.74, 6) is -0.745. The number of hydrogen-bond acceptors (Lipinski definition) is 17. The second kappa shape index (κ2) is 84.6. The first kappa shape index (κ1) is 111. The van der Waals surface area contributed by atoms with Crippen LogP contribution >= 0.6 is 0 Å². The molecule has 0 atom stereocenters. The second-order valence-electron chi connectivity index (χ2n) is 35.0. The van der Waals surface area contributed by atoms with Crippen LogP contribution in [0, 0.1) is 0 Å². The van der Waals surface area contributed by atoms with E-state index in [0.717, 1.165) is 206 Å². The highest BCUT2D eigenvalue weighted by Crippen LogP contribution is 2.23. The van der Waals surface area contributed by atoms with Crippen LogP contribution in [0.4, 0.5) is 11.4 Å². The number of nitrogens with one attached hydrogen (secondary N) is 3. The van der Waals surface area contributed by atoms with Crippen molar-refractivity contribution in [3.8, 4) is 0 Å². The summed E-state index contributed by atoms with van der Waals surface area (Å²) in [7, 11) is 0. The number of amides is 2. The minimum Gasteiger partial charge on any atom is -0.466 e.